The van der Waals surface area contributed by atoms with Crippen molar-refractivity contribution in [2.45, 2.75) is 25.4 Å². The number of methoxy groups -OCH3 is 2. The zero-order chi connectivity index (χ0) is 10.1. The van der Waals surface area contributed by atoms with Crippen LogP contribution in [0.25, 0.3) is 0 Å². The Bertz CT molecular complexity index is 105. The topological polar surface area (TPSA) is 50.7 Å². The van der Waals surface area contributed by atoms with E-state index < -0.39 is 0 Å². The van der Waals surface area contributed by atoms with Crippen LogP contribution in [0.5, 0.6) is 0 Å². The van der Waals surface area contributed by atoms with Crippen LogP contribution in [0.3, 0.4) is 0 Å². The smallest absolute Gasteiger partial charge is 0.0616 e. The zero-order valence-corrected chi connectivity index (χ0v) is 8.75. The van der Waals surface area contributed by atoms with Crippen molar-refractivity contribution in [3.05, 3.63) is 0 Å². The van der Waals surface area contributed by atoms with Crippen molar-refractivity contribution in [1.82, 2.24) is 5.32 Å². The molecule has 0 fully saturated rings. The van der Waals surface area contributed by atoms with Gasteiger partial charge in [-0.15, -0.1) is 0 Å². The fraction of sp³-hybridized carbons (Fsp3) is 1.00. The maximum absolute atomic E-state index is 8.78. The molecule has 0 radical (unpaired) electrons. The highest BCUT2D eigenvalue weighted by Gasteiger charge is 2.10. The highest BCUT2D eigenvalue weighted by atomic mass is 16.5. The van der Waals surface area contributed by atoms with Gasteiger partial charge >= 0.3 is 0 Å². The standard InChI is InChI=1S/C9H21NO3/c1-8(6-12-2)10-9(4-5-11)7-13-3/h8-11H,4-7H2,1-3H3. The van der Waals surface area contributed by atoms with Gasteiger partial charge in [0.15, 0.2) is 0 Å². The first-order valence-corrected chi connectivity index (χ1v) is 4.59. The molecule has 0 aliphatic carbocycles. The molecule has 0 aromatic carbocycles. The van der Waals surface area contributed by atoms with Gasteiger partial charge in [-0.1, -0.05) is 0 Å². The summed E-state index contributed by atoms with van der Waals surface area (Å²) in [5.74, 6) is 0. The number of nitrogens with one attached hydrogen (secondary N) is 1. The van der Waals surface area contributed by atoms with Gasteiger partial charge in [-0.2, -0.15) is 0 Å². The molecule has 0 amide bonds. The first-order chi connectivity index (χ1) is 6.24. The van der Waals surface area contributed by atoms with Gasteiger partial charge in [0, 0.05) is 32.9 Å². The van der Waals surface area contributed by atoms with Crippen molar-refractivity contribution in [3.8, 4) is 0 Å². The molecule has 0 heterocycles. The van der Waals surface area contributed by atoms with Gasteiger partial charge in [-0.25, -0.2) is 0 Å². The molecule has 0 saturated carbocycles. The van der Waals surface area contributed by atoms with Crippen LogP contribution in [-0.4, -0.2) is 51.2 Å². The first-order valence-electron chi connectivity index (χ1n) is 4.59. The van der Waals surface area contributed by atoms with E-state index in [1.54, 1.807) is 14.2 Å². The number of aliphatic hydroxyl groups is 1. The normalized spacial score (nSPS) is 15.7. The quantitative estimate of drug-likeness (QED) is 0.567. The van der Waals surface area contributed by atoms with E-state index in [0.717, 1.165) is 0 Å². The number of hydrogen-bond acceptors (Lipinski definition) is 4. The van der Waals surface area contributed by atoms with Crippen molar-refractivity contribution < 1.29 is 14.6 Å². The second-order valence-electron chi connectivity index (χ2n) is 3.19. The van der Waals surface area contributed by atoms with E-state index in [1.165, 1.54) is 0 Å². The van der Waals surface area contributed by atoms with Crippen LogP contribution in [0.15, 0.2) is 0 Å². The maximum Gasteiger partial charge on any atom is 0.0616 e. The monoisotopic (exact) mass is 191 g/mol. The Morgan fingerprint density at radius 2 is 1.85 bits per heavy atom. The Labute approximate surface area is 80.2 Å². The molecule has 4 nitrogen and oxygen atoms in total. The molecule has 0 aromatic rings. The van der Waals surface area contributed by atoms with Crippen LogP contribution in [-0.2, 0) is 9.47 Å². The number of rotatable bonds is 8. The molecule has 2 atom stereocenters. The van der Waals surface area contributed by atoms with E-state index in [0.29, 0.717) is 19.6 Å². The minimum absolute atomic E-state index is 0.181. The van der Waals surface area contributed by atoms with E-state index >= 15 is 0 Å². The maximum atomic E-state index is 8.78. The summed E-state index contributed by atoms with van der Waals surface area (Å²) in [5.41, 5.74) is 0. The van der Waals surface area contributed by atoms with Crippen LogP contribution < -0.4 is 5.32 Å². The lowest BCUT2D eigenvalue weighted by Crippen LogP contribution is -2.42. The number of aliphatic hydroxyl groups excluding tert-OH is 1. The minimum atomic E-state index is 0.181. The highest BCUT2D eigenvalue weighted by Crippen LogP contribution is 1.95. The third-order valence-corrected chi connectivity index (χ3v) is 1.78. The zero-order valence-electron chi connectivity index (χ0n) is 8.75. The first kappa shape index (κ1) is 12.8. The van der Waals surface area contributed by atoms with E-state index in [4.69, 9.17) is 14.6 Å². The SMILES string of the molecule is COCC(C)NC(CCO)COC. The van der Waals surface area contributed by atoms with Crippen molar-refractivity contribution in [3.63, 3.8) is 0 Å². The predicted molar refractivity (Wildman–Crippen MR) is 51.8 cm³/mol. The second kappa shape index (κ2) is 8.44. The highest BCUT2D eigenvalue weighted by molar-refractivity contribution is 4.70. The van der Waals surface area contributed by atoms with E-state index in [1.807, 2.05) is 6.92 Å². The molecule has 0 aliphatic heterocycles. The molecule has 2 unspecified atom stereocenters. The summed E-state index contributed by atoms with van der Waals surface area (Å²) in [6.45, 7) is 3.52. The average Bonchev–Trinajstić information content (AvgIpc) is 2.05. The fourth-order valence-electron chi connectivity index (χ4n) is 1.27. The molecular formula is C9H21NO3. The fourth-order valence-corrected chi connectivity index (χ4v) is 1.27. The summed E-state index contributed by atoms with van der Waals surface area (Å²) in [7, 11) is 3.34. The van der Waals surface area contributed by atoms with Gasteiger partial charge in [-0.3, -0.25) is 0 Å². The van der Waals surface area contributed by atoms with Crippen LogP contribution in [0.1, 0.15) is 13.3 Å². The molecule has 2 N–H and O–H groups in total. The summed E-state index contributed by atoms with van der Waals surface area (Å²) in [6, 6.07) is 0.497. The van der Waals surface area contributed by atoms with Crippen LogP contribution >= 0.6 is 0 Å². The third-order valence-electron chi connectivity index (χ3n) is 1.78. The third kappa shape index (κ3) is 6.95. The summed E-state index contributed by atoms with van der Waals surface area (Å²) < 4.78 is 10.0. The Hall–Kier alpha value is -0.160. The van der Waals surface area contributed by atoms with E-state index in [9.17, 15) is 0 Å². The molecule has 0 bridgehead atoms. The Morgan fingerprint density at radius 1 is 1.23 bits per heavy atom. The van der Waals surface area contributed by atoms with Crippen LogP contribution in [0.4, 0.5) is 0 Å². The van der Waals surface area contributed by atoms with Gasteiger partial charge < -0.3 is 19.9 Å². The molecule has 0 aromatic heterocycles. The number of hydrogen-bond donors (Lipinski definition) is 2. The molecule has 0 spiro atoms. The molecule has 80 valence electrons. The molecule has 0 aliphatic rings. The molecule has 4 heteroatoms. The molecule has 13 heavy (non-hydrogen) atoms. The van der Waals surface area contributed by atoms with Gasteiger partial charge in [0.25, 0.3) is 0 Å². The summed E-state index contributed by atoms with van der Waals surface area (Å²) in [5, 5.41) is 12.1. The van der Waals surface area contributed by atoms with Crippen molar-refractivity contribution in [2.24, 2.45) is 0 Å². The van der Waals surface area contributed by atoms with Crippen molar-refractivity contribution in [2.75, 3.05) is 34.0 Å². The van der Waals surface area contributed by atoms with Crippen molar-refractivity contribution in [1.29, 1.82) is 0 Å². The Balaban J connectivity index is 3.64. The second-order valence-corrected chi connectivity index (χ2v) is 3.19. The minimum Gasteiger partial charge on any atom is -0.396 e. The van der Waals surface area contributed by atoms with Gasteiger partial charge in [0.05, 0.1) is 13.2 Å². The van der Waals surface area contributed by atoms with E-state index in [2.05, 4.69) is 5.32 Å². The lowest BCUT2D eigenvalue weighted by molar-refractivity contribution is 0.122. The number of ether oxygens (including phenoxy) is 2. The summed E-state index contributed by atoms with van der Waals surface area (Å²) in [6.07, 6.45) is 0.710. The lowest BCUT2D eigenvalue weighted by atomic mass is 10.2. The molecule has 0 rings (SSSR count). The van der Waals surface area contributed by atoms with Gasteiger partial charge in [0.1, 0.15) is 0 Å². The molecular weight excluding hydrogens is 170 g/mol. The van der Waals surface area contributed by atoms with Crippen LogP contribution in [0.2, 0.25) is 0 Å². The van der Waals surface area contributed by atoms with Crippen molar-refractivity contribution >= 4 is 0 Å². The predicted octanol–water partition coefficient (Wildman–Crippen LogP) is 0.00830. The summed E-state index contributed by atoms with van der Waals surface area (Å²) >= 11 is 0. The van der Waals surface area contributed by atoms with Crippen LogP contribution in [0, 0.1) is 0 Å². The lowest BCUT2D eigenvalue weighted by Gasteiger charge is -2.21. The molecule has 0 saturated heterocycles. The Kier molecular flexibility index (Phi) is 8.33. The van der Waals surface area contributed by atoms with E-state index in [-0.39, 0.29) is 18.7 Å². The largest absolute Gasteiger partial charge is 0.396 e. The Morgan fingerprint density at radius 3 is 2.31 bits per heavy atom. The average molecular weight is 191 g/mol. The summed E-state index contributed by atoms with van der Waals surface area (Å²) in [4.78, 5) is 0. The van der Waals surface area contributed by atoms with Gasteiger partial charge in [-0.05, 0) is 13.3 Å². The van der Waals surface area contributed by atoms with Gasteiger partial charge in [0.2, 0.25) is 0 Å².